The van der Waals surface area contributed by atoms with Gasteiger partial charge in [-0.1, -0.05) is 23.7 Å². The predicted octanol–water partition coefficient (Wildman–Crippen LogP) is 5.04. The van der Waals surface area contributed by atoms with Gasteiger partial charge in [-0.25, -0.2) is 4.68 Å². The van der Waals surface area contributed by atoms with Crippen molar-refractivity contribution in [1.82, 2.24) is 9.78 Å². The molecule has 1 heterocycles. The Morgan fingerprint density at radius 1 is 1.17 bits per heavy atom. The highest BCUT2D eigenvalue weighted by Gasteiger charge is 2.13. The molecule has 0 aliphatic carbocycles. The number of nitrogens with one attached hydrogen (secondary N) is 1. The van der Waals surface area contributed by atoms with Crippen molar-refractivity contribution in [1.29, 1.82) is 0 Å². The third-order valence-corrected chi connectivity index (χ3v) is 4.27. The van der Waals surface area contributed by atoms with E-state index in [1.807, 2.05) is 32.0 Å². The number of benzene rings is 2. The van der Waals surface area contributed by atoms with Crippen LogP contribution in [-0.4, -0.2) is 22.3 Å². The number of hydrogen-bond acceptors (Lipinski definition) is 4. The number of rotatable bonds is 7. The Hall–Kier alpha value is -3.13. The van der Waals surface area contributed by atoms with Crippen molar-refractivity contribution in [3.63, 3.8) is 0 Å². The Bertz CT molecular complexity index is 1020. The van der Waals surface area contributed by atoms with E-state index in [1.165, 1.54) is 28.9 Å². The maximum Gasteiger partial charge on any atom is 0.387 e. The quantitative estimate of drug-likeness (QED) is 0.580. The Labute approximate surface area is 171 Å². The molecule has 3 rings (SSSR count). The minimum Gasteiger partial charge on any atom is -0.471 e. The number of aromatic nitrogens is 2. The Morgan fingerprint density at radius 2 is 1.97 bits per heavy atom. The van der Waals surface area contributed by atoms with Crippen LogP contribution in [0.4, 0.5) is 14.5 Å². The smallest absolute Gasteiger partial charge is 0.387 e. The zero-order chi connectivity index (χ0) is 21.0. The first-order chi connectivity index (χ1) is 13.8. The molecule has 0 saturated heterocycles. The number of amides is 1. The van der Waals surface area contributed by atoms with Gasteiger partial charge in [-0.2, -0.15) is 13.9 Å². The van der Waals surface area contributed by atoms with Crippen LogP contribution in [0, 0.1) is 13.8 Å². The molecular formula is C20H18ClF2N3O3. The lowest BCUT2D eigenvalue weighted by Crippen LogP contribution is -2.14. The number of hydrogen-bond donors (Lipinski definition) is 1. The molecule has 0 fully saturated rings. The first-order valence-electron chi connectivity index (χ1n) is 8.61. The zero-order valence-corrected chi connectivity index (χ0v) is 16.4. The normalized spacial score (nSPS) is 10.8. The van der Waals surface area contributed by atoms with Crippen LogP contribution in [0.2, 0.25) is 5.02 Å². The van der Waals surface area contributed by atoms with Crippen LogP contribution in [-0.2, 0) is 6.73 Å². The van der Waals surface area contributed by atoms with E-state index in [0.717, 1.165) is 16.9 Å². The van der Waals surface area contributed by atoms with Crippen LogP contribution in [0.15, 0.2) is 48.7 Å². The van der Waals surface area contributed by atoms with Gasteiger partial charge in [0.1, 0.15) is 11.5 Å². The Kier molecular flexibility index (Phi) is 6.33. The molecule has 3 aromatic rings. The molecule has 1 aromatic heterocycles. The number of anilines is 1. The second kappa shape index (κ2) is 8.91. The van der Waals surface area contributed by atoms with Gasteiger partial charge < -0.3 is 14.8 Å². The predicted molar refractivity (Wildman–Crippen MR) is 105 cm³/mol. The molecule has 0 unspecified atom stereocenters. The maximum absolute atomic E-state index is 12.4. The van der Waals surface area contributed by atoms with E-state index in [9.17, 15) is 13.6 Å². The van der Waals surface area contributed by atoms with Gasteiger partial charge in [0.05, 0.1) is 5.02 Å². The second-order valence-electron chi connectivity index (χ2n) is 6.26. The van der Waals surface area contributed by atoms with Gasteiger partial charge in [-0.05, 0) is 55.3 Å². The highest BCUT2D eigenvalue weighted by molar-refractivity contribution is 6.32. The molecule has 29 heavy (non-hydrogen) atoms. The van der Waals surface area contributed by atoms with Crippen LogP contribution in [0.25, 0.3) is 0 Å². The number of carbonyl (C=O) groups excluding carboxylic acids is 1. The summed E-state index contributed by atoms with van der Waals surface area (Å²) in [6, 6.07) is 11.4. The molecule has 1 N–H and O–H groups in total. The third-order valence-electron chi connectivity index (χ3n) is 3.98. The SMILES string of the molecule is Cc1ccc(C)c(OCn2ccc(C(=O)Nc3ccc(OC(F)F)c(Cl)c3)n2)c1. The van der Waals surface area contributed by atoms with Gasteiger partial charge in [0.15, 0.2) is 12.4 Å². The number of halogens is 3. The summed E-state index contributed by atoms with van der Waals surface area (Å²) in [6.07, 6.45) is 1.62. The lowest BCUT2D eigenvalue weighted by Gasteiger charge is -2.10. The fraction of sp³-hybridized carbons (Fsp3) is 0.200. The van der Waals surface area contributed by atoms with Gasteiger partial charge in [-0.3, -0.25) is 4.79 Å². The highest BCUT2D eigenvalue weighted by Crippen LogP contribution is 2.29. The number of nitrogens with zero attached hydrogens (tertiary/aromatic N) is 2. The molecular weight excluding hydrogens is 404 g/mol. The largest absolute Gasteiger partial charge is 0.471 e. The van der Waals surface area contributed by atoms with E-state index in [2.05, 4.69) is 15.2 Å². The summed E-state index contributed by atoms with van der Waals surface area (Å²) in [6.45, 7) is 1.08. The molecule has 152 valence electrons. The summed E-state index contributed by atoms with van der Waals surface area (Å²) in [5.41, 5.74) is 2.56. The monoisotopic (exact) mass is 421 g/mol. The van der Waals surface area contributed by atoms with Crippen molar-refractivity contribution in [3.05, 3.63) is 70.5 Å². The fourth-order valence-corrected chi connectivity index (χ4v) is 2.74. The fourth-order valence-electron chi connectivity index (χ4n) is 2.52. The summed E-state index contributed by atoms with van der Waals surface area (Å²) in [5.74, 6) is 0.0915. The highest BCUT2D eigenvalue weighted by atomic mass is 35.5. The van der Waals surface area contributed by atoms with Crippen LogP contribution >= 0.6 is 11.6 Å². The average Bonchev–Trinajstić information content (AvgIpc) is 3.13. The number of alkyl halides is 2. The van der Waals surface area contributed by atoms with Crippen molar-refractivity contribution >= 4 is 23.2 Å². The molecule has 0 radical (unpaired) electrons. The lowest BCUT2D eigenvalue weighted by molar-refractivity contribution is -0.0497. The number of aryl methyl sites for hydroxylation is 2. The second-order valence-corrected chi connectivity index (χ2v) is 6.67. The van der Waals surface area contributed by atoms with Crippen molar-refractivity contribution in [2.45, 2.75) is 27.2 Å². The molecule has 0 bridgehead atoms. The van der Waals surface area contributed by atoms with Gasteiger partial charge >= 0.3 is 6.61 Å². The summed E-state index contributed by atoms with van der Waals surface area (Å²) < 4.78 is 36.1. The Balaban J connectivity index is 1.62. The van der Waals surface area contributed by atoms with Gasteiger partial charge in [0.2, 0.25) is 0 Å². The molecule has 9 heteroatoms. The third kappa shape index (κ3) is 5.45. The molecule has 1 amide bonds. The molecule has 0 aliphatic heterocycles. The van der Waals surface area contributed by atoms with Crippen LogP contribution < -0.4 is 14.8 Å². The summed E-state index contributed by atoms with van der Waals surface area (Å²) >= 11 is 5.88. The van der Waals surface area contributed by atoms with E-state index in [-0.39, 0.29) is 23.2 Å². The standard InChI is InChI=1S/C20H18ClF2N3O3/c1-12-3-4-13(2)18(9-12)28-11-26-8-7-16(25-26)19(27)24-14-5-6-17(15(21)10-14)29-20(22)23/h3-10,20H,11H2,1-2H3,(H,24,27). The molecule has 6 nitrogen and oxygen atoms in total. The van der Waals surface area contributed by atoms with Crippen LogP contribution in [0.1, 0.15) is 21.6 Å². The van der Waals surface area contributed by atoms with Gasteiger partial charge in [-0.15, -0.1) is 0 Å². The number of ether oxygens (including phenoxy) is 2. The van der Waals surface area contributed by atoms with Crippen molar-refractivity contribution in [3.8, 4) is 11.5 Å². The average molecular weight is 422 g/mol. The zero-order valence-electron chi connectivity index (χ0n) is 15.7. The van der Waals surface area contributed by atoms with Gasteiger partial charge in [0, 0.05) is 11.9 Å². The first kappa shape index (κ1) is 20.6. The Morgan fingerprint density at radius 3 is 2.69 bits per heavy atom. The van der Waals surface area contributed by atoms with Crippen LogP contribution in [0.5, 0.6) is 11.5 Å². The summed E-state index contributed by atoms with van der Waals surface area (Å²) in [4.78, 5) is 12.4. The van der Waals surface area contributed by atoms with E-state index in [1.54, 1.807) is 6.20 Å². The molecule has 0 spiro atoms. The van der Waals surface area contributed by atoms with Crippen molar-refractivity contribution in [2.24, 2.45) is 0 Å². The lowest BCUT2D eigenvalue weighted by atomic mass is 10.1. The van der Waals surface area contributed by atoms with Crippen molar-refractivity contribution < 1.29 is 23.0 Å². The van der Waals surface area contributed by atoms with E-state index in [4.69, 9.17) is 16.3 Å². The number of carbonyl (C=O) groups is 1. The molecule has 0 atom stereocenters. The van der Waals surface area contributed by atoms with Crippen molar-refractivity contribution in [2.75, 3.05) is 5.32 Å². The van der Waals surface area contributed by atoms with E-state index >= 15 is 0 Å². The first-order valence-corrected chi connectivity index (χ1v) is 8.99. The summed E-state index contributed by atoms with van der Waals surface area (Å²) in [7, 11) is 0. The van der Waals surface area contributed by atoms with E-state index < -0.39 is 12.5 Å². The molecule has 0 saturated carbocycles. The molecule has 2 aromatic carbocycles. The van der Waals surface area contributed by atoms with Crippen LogP contribution in [0.3, 0.4) is 0 Å². The summed E-state index contributed by atoms with van der Waals surface area (Å²) in [5, 5.41) is 6.73. The minimum atomic E-state index is -2.98. The molecule has 0 aliphatic rings. The van der Waals surface area contributed by atoms with Gasteiger partial charge in [0.25, 0.3) is 5.91 Å². The van der Waals surface area contributed by atoms with E-state index in [0.29, 0.717) is 5.69 Å². The topological polar surface area (TPSA) is 65.4 Å². The minimum absolute atomic E-state index is 0.0458. The maximum atomic E-state index is 12.4.